The third-order valence-corrected chi connectivity index (χ3v) is 5.42. The van der Waals surface area contributed by atoms with Gasteiger partial charge in [0.05, 0.1) is 11.9 Å². The molecule has 1 N–H and O–H groups in total. The molecule has 0 heterocycles. The monoisotopic (exact) mass is 379 g/mol. The molecule has 7 heteroatoms. The molecule has 0 unspecified atom stereocenters. The van der Waals surface area contributed by atoms with Crippen molar-refractivity contribution in [3.05, 3.63) is 64.5 Å². The average molecular weight is 379 g/mol. The fourth-order valence-corrected chi connectivity index (χ4v) is 4.32. The molecule has 0 aliphatic rings. The van der Waals surface area contributed by atoms with E-state index in [-0.39, 0.29) is 12.1 Å². The Morgan fingerprint density at radius 3 is 2.04 bits per heavy atom. The van der Waals surface area contributed by atoms with E-state index >= 15 is 0 Å². The van der Waals surface area contributed by atoms with E-state index in [1.165, 1.54) is 12.1 Å². The second-order valence-corrected chi connectivity index (χ2v) is 8.33. The molecule has 1 atom stereocenters. The van der Waals surface area contributed by atoms with E-state index in [1.807, 2.05) is 32.9 Å². The zero-order valence-electron chi connectivity index (χ0n) is 15.2. The van der Waals surface area contributed by atoms with Crippen LogP contribution in [0.4, 0.5) is 10.1 Å². The number of sulfonamides is 1. The zero-order chi connectivity index (χ0) is 19.6. The first-order valence-electron chi connectivity index (χ1n) is 8.05. The SMILES string of the molecule is Cc1cc(C)c(C[C@@H](C(=O)O)N(c2ccc(F)cc2)S(C)(=O)=O)c(C)c1. The highest BCUT2D eigenvalue weighted by molar-refractivity contribution is 7.92. The lowest BCUT2D eigenvalue weighted by Crippen LogP contribution is -2.46. The van der Waals surface area contributed by atoms with Crippen molar-refractivity contribution in [2.75, 3.05) is 10.6 Å². The quantitative estimate of drug-likeness (QED) is 0.836. The van der Waals surface area contributed by atoms with Crippen molar-refractivity contribution < 1.29 is 22.7 Å². The number of carbonyl (C=O) groups is 1. The number of hydrogen-bond acceptors (Lipinski definition) is 3. The third kappa shape index (κ3) is 4.40. The number of carboxylic acids is 1. The van der Waals surface area contributed by atoms with Crippen LogP contribution in [0.3, 0.4) is 0 Å². The number of halogens is 1. The minimum atomic E-state index is -3.90. The van der Waals surface area contributed by atoms with E-state index < -0.39 is 27.9 Å². The van der Waals surface area contributed by atoms with Crippen molar-refractivity contribution in [1.29, 1.82) is 0 Å². The molecular weight excluding hydrogens is 357 g/mol. The molecule has 0 amide bonds. The van der Waals surface area contributed by atoms with Gasteiger partial charge in [-0.25, -0.2) is 17.6 Å². The fraction of sp³-hybridized carbons (Fsp3) is 0.316. The number of benzene rings is 2. The first-order valence-corrected chi connectivity index (χ1v) is 9.90. The Morgan fingerprint density at radius 2 is 1.62 bits per heavy atom. The number of anilines is 1. The molecule has 2 aromatic carbocycles. The van der Waals surface area contributed by atoms with Crippen molar-refractivity contribution >= 4 is 21.7 Å². The van der Waals surface area contributed by atoms with Gasteiger partial charge in [-0.2, -0.15) is 0 Å². The van der Waals surface area contributed by atoms with Crippen LogP contribution in [-0.4, -0.2) is 31.8 Å². The van der Waals surface area contributed by atoms with E-state index in [9.17, 15) is 22.7 Å². The van der Waals surface area contributed by atoms with E-state index in [2.05, 4.69) is 0 Å². The molecule has 0 spiro atoms. The van der Waals surface area contributed by atoms with Crippen LogP contribution < -0.4 is 4.31 Å². The molecular formula is C19H22FNO4S. The summed E-state index contributed by atoms with van der Waals surface area (Å²) in [4.78, 5) is 11.9. The van der Waals surface area contributed by atoms with Crippen LogP contribution >= 0.6 is 0 Å². The van der Waals surface area contributed by atoms with E-state index in [0.29, 0.717) is 0 Å². The molecule has 0 aliphatic heterocycles. The molecule has 2 rings (SSSR count). The molecule has 0 bridgehead atoms. The lowest BCUT2D eigenvalue weighted by molar-refractivity contribution is -0.138. The van der Waals surface area contributed by atoms with Crippen molar-refractivity contribution in [1.82, 2.24) is 0 Å². The third-order valence-electron chi connectivity index (χ3n) is 4.24. The summed E-state index contributed by atoms with van der Waals surface area (Å²) in [6.45, 7) is 5.69. The highest BCUT2D eigenvalue weighted by Crippen LogP contribution is 2.26. The Bertz CT molecular complexity index is 900. The Morgan fingerprint density at radius 1 is 1.12 bits per heavy atom. The highest BCUT2D eigenvalue weighted by Gasteiger charge is 2.33. The van der Waals surface area contributed by atoms with Gasteiger partial charge in [0.1, 0.15) is 11.9 Å². The number of carboxylic acid groups (broad SMARTS) is 1. The fourth-order valence-electron chi connectivity index (χ4n) is 3.19. The standard InChI is InChI=1S/C19H22FNO4S/c1-12-9-13(2)17(14(3)10-12)11-18(19(22)23)21(26(4,24)25)16-7-5-15(20)6-8-16/h5-10,18H,11H2,1-4H3,(H,22,23)/t18-/m0/s1. The van der Waals surface area contributed by atoms with Crippen LogP contribution in [0.1, 0.15) is 22.3 Å². The Kier molecular flexibility index (Phi) is 5.71. The summed E-state index contributed by atoms with van der Waals surface area (Å²) in [5, 5.41) is 9.74. The molecule has 0 saturated carbocycles. The maximum Gasteiger partial charge on any atom is 0.327 e. The lowest BCUT2D eigenvalue weighted by atomic mass is 9.94. The van der Waals surface area contributed by atoms with Gasteiger partial charge in [0.2, 0.25) is 10.0 Å². The predicted molar refractivity (Wildman–Crippen MR) is 99.5 cm³/mol. The molecule has 5 nitrogen and oxygen atoms in total. The minimum Gasteiger partial charge on any atom is -0.480 e. The van der Waals surface area contributed by atoms with Crippen LogP contribution in [0.15, 0.2) is 36.4 Å². The van der Waals surface area contributed by atoms with E-state index in [4.69, 9.17) is 0 Å². The molecule has 2 aromatic rings. The molecule has 0 radical (unpaired) electrons. The Hall–Kier alpha value is -2.41. The molecule has 26 heavy (non-hydrogen) atoms. The van der Waals surface area contributed by atoms with Crippen LogP contribution in [0.25, 0.3) is 0 Å². The molecule has 0 saturated heterocycles. The van der Waals surface area contributed by atoms with Crippen molar-refractivity contribution in [2.24, 2.45) is 0 Å². The molecule has 0 aliphatic carbocycles. The average Bonchev–Trinajstić information content (AvgIpc) is 2.49. The minimum absolute atomic E-state index is 0.0116. The van der Waals surface area contributed by atoms with Crippen molar-refractivity contribution in [3.8, 4) is 0 Å². The number of aryl methyl sites for hydroxylation is 3. The van der Waals surface area contributed by atoms with Gasteiger partial charge in [0, 0.05) is 6.42 Å². The maximum absolute atomic E-state index is 13.2. The van der Waals surface area contributed by atoms with Crippen LogP contribution in [0, 0.1) is 26.6 Å². The number of aliphatic carboxylic acids is 1. The summed E-state index contributed by atoms with van der Waals surface area (Å²) < 4.78 is 38.7. The summed E-state index contributed by atoms with van der Waals surface area (Å²) in [7, 11) is -3.90. The second kappa shape index (κ2) is 7.45. The van der Waals surface area contributed by atoms with Crippen LogP contribution in [0.2, 0.25) is 0 Å². The predicted octanol–water partition coefficient (Wildman–Crippen LogP) is 3.21. The molecule has 0 fully saturated rings. The highest BCUT2D eigenvalue weighted by atomic mass is 32.2. The largest absolute Gasteiger partial charge is 0.480 e. The van der Waals surface area contributed by atoms with E-state index in [0.717, 1.165) is 44.9 Å². The summed E-state index contributed by atoms with van der Waals surface area (Å²) in [6.07, 6.45) is 0.957. The Balaban J connectivity index is 2.55. The van der Waals surface area contributed by atoms with E-state index in [1.54, 1.807) is 0 Å². The second-order valence-electron chi connectivity index (χ2n) is 6.47. The first-order chi connectivity index (χ1) is 12.0. The van der Waals surface area contributed by atoms with Gasteiger partial charge in [0.15, 0.2) is 0 Å². The van der Waals surface area contributed by atoms with Gasteiger partial charge < -0.3 is 5.11 Å². The number of nitrogens with zero attached hydrogens (tertiary/aromatic N) is 1. The van der Waals surface area contributed by atoms with Gasteiger partial charge in [-0.15, -0.1) is 0 Å². The van der Waals surface area contributed by atoms with Gasteiger partial charge in [-0.05, 0) is 61.7 Å². The summed E-state index contributed by atoms with van der Waals surface area (Å²) in [6, 6.07) is 7.27. The first kappa shape index (κ1) is 19.9. The normalized spacial score (nSPS) is 12.7. The summed E-state index contributed by atoms with van der Waals surface area (Å²) in [5.41, 5.74) is 3.76. The molecule has 140 valence electrons. The lowest BCUT2D eigenvalue weighted by Gasteiger charge is -2.29. The van der Waals surface area contributed by atoms with Gasteiger partial charge in [-0.3, -0.25) is 4.31 Å². The zero-order valence-corrected chi connectivity index (χ0v) is 16.0. The van der Waals surface area contributed by atoms with Crippen LogP contribution in [0.5, 0.6) is 0 Å². The summed E-state index contributed by atoms with van der Waals surface area (Å²) in [5.74, 6) is -1.79. The smallest absolute Gasteiger partial charge is 0.327 e. The number of rotatable bonds is 6. The van der Waals surface area contributed by atoms with Crippen LogP contribution in [-0.2, 0) is 21.2 Å². The van der Waals surface area contributed by atoms with Crippen molar-refractivity contribution in [2.45, 2.75) is 33.2 Å². The number of hydrogen-bond donors (Lipinski definition) is 1. The summed E-state index contributed by atoms with van der Waals surface area (Å²) >= 11 is 0. The topological polar surface area (TPSA) is 74.7 Å². The van der Waals surface area contributed by atoms with Gasteiger partial charge in [-0.1, -0.05) is 17.7 Å². The van der Waals surface area contributed by atoms with Gasteiger partial charge in [0.25, 0.3) is 0 Å². The van der Waals surface area contributed by atoms with Crippen molar-refractivity contribution in [3.63, 3.8) is 0 Å². The molecule has 0 aromatic heterocycles. The van der Waals surface area contributed by atoms with Gasteiger partial charge >= 0.3 is 5.97 Å². The maximum atomic E-state index is 13.2. The Labute approximate surface area is 153 Å².